The Morgan fingerprint density at radius 3 is 2.76 bits per heavy atom. The van der Waals surface area contributed by atoms with E-state index in [-0.39, 0.29) is 6.04 Å². The lowest BCUT2D eigenvalue weighted by atomic mass is 10.0. The minimum Gasteiger partial charge on any atom is -0.490 e. The van der Waals surface area contributed by atoms with Gasteiger partial charge in [-0.05, 0) is 55.3 Å². The highest BCUT2D eigenvalue weighted by atomic mass is 19.1. The number of nitrogen functional groups attached to an aromatic ring is 1. The molecule has 8 nitrogen and oxygen atoms in total. The molecule has 10 heteroatoms. The summed E-state index contributed by atoms with van der Waals surface area (Å²) in [7, 11) is 0. The van der Waals surface area contributed by atoms with Crippen molar-refractivity contribution < 1.29 is 18.3 Å². The molecule has 0 spiro atoms. The average Bonchev–Trinajstić information content (AvgIpc) is 3.59. The maximum Gasteiger partial charge on any atom is 0.154 e. The van der Waals surface area contributed by atoms with Crippen LogP contribution in [-0.2, 0) is 4.74 Å². The van der Waals surface area contributed by atoms with Crippen molar-refractivity contribution in [1.29, 1.82) is 0 Å². The Labute approximate surface area is 219 Å². The highest BCUT2D eigenvalue weighted by Crippen LogP contribution is 2.37. The first-order valence-corrected chi connectivity index (χ1v) is 13.0. The van der Waals surface area contributed by atoms with Gasteiger partial charge in [-0.2, -0.15) is 0 Å². The number of halogens is 2. The van der Waals surface area contributed by atoms with E-state index >= 15 is 0 Å². The van der Waals surface area contributed by atoms with E-state index in [9.17, 15) is 8.78 Å². The second kappa shape index (κ2) is 10.5. The van der Waals surface area contributed by atoms with Crippen molar-refractivity contribution in [2.75, 3.05) is 56.6 Å². The lowest BCUT2D eigenvalue weighted by Crippen LogP contribution is -2.38. The van der Waals surface area contributed by atoms with Crippen LogP contribution in [0.15, 0.2) is 54.7 Å². The minimum absolute atomic E-state index is 0.286. The van der Waals surface area contributed by atoms with E-state index in [0.29, 0.717) is 41.6 Å². The van der Waals surface area contributed by atoms with Crippen LogP contribution in [0.2, 0.25) is 0 Å². The van der Waals surface area contributed by atoms with Crippen LogP contribution in [0.1, 0.15) is 24.4 Å². The Bertz CT molecular complexity index is 1440. The highest BCUT2D eigenvalue weighted by molar-refractivity contribution is 5.69. The third-order valence-electron chi connectivity index (χ3n) is 7.29. The number of hydrogen-bond acceptors (Lipinski definition) is 7. The third-order valence-corrected chi connectivity index (χ3v) is 7.29. The van der Waals surface area contributed by atoms with Gasteiger partial charge in [-0.1, -0.05) is 6.07 Å². The van der Waals surface area contributed by atoms with E-state index in [4.69, 9.17) is 20.3 Å². The summed E-state index contributed by atoms with van der Waals surface area (Å²) in [6, 6.07) is 12.8. The van der Waals surface area contributed by atoms with Gasteiger partial charge in [0.1, 0.15) is 29.8 Å². The largest absolute Gasteiger partial charge is 0.490 e. The highest BCUT2D eigenvalue weighted by Gasteiger charge is 2.30. The summed E-state index contributed by atoms with van der Waals surface area (Å²) in [5, 5.41) is 4.87. The lowest BCUT2D eigenvalue weighted by Gasteiger charge is -2.26. The lowest BCUT2D eigenvalue weighted by molar-refractivity contribution is 0.0323. The Hall–Kier alpha value is -3.76. The topological polar surface area (TPSA) is 81.2 Å². The Balaban J connectivity index is 1.26. The van der Waals surface area contributed by atoms with Crippen molar-refractivity contribution >= 4 is 17.2 Å². The van der Waals surface area contributed by atoms with Gasteiger partial charge >= 0.3 is 0 Å². The van der Waals surface area contributed by atoms with Crippen LogP contribution in [0.5, 0.6) is 5.75 Å². The van der Waals surface area contributed by atoms with Crippen LogP contribution in [0.25, 0.3) is 16.9 Å². The first-order valence-electron chi connectivity index (χ1n) is 13.0. The predicted octanol–water partition coefficient (Wildman–Crippen LogP) is 4.31. The van der Waals surface area contributed by atoms with Gasteiger partial charge in [0.25, 0.3) is 0 Å². The first kappa shape index (κ1) is 24.6. The van der Waals surface area contributed by atoms with E-state index < -0.39 is 11.6 Å². The molecule has 0 amide bonds. The number of benzene rings is 2. The SMILES string of the molecule is Nc1ccc(-c2cnc3ccc(N4CCCC4c4cc(F)ccc4F)nn23)cc1OCCN1CCOCC1. The molecule has 198 valence electrons. The van der Waals surface area contributed by atoms with Crippen LogP contribution in [-0.4, -0.2) is 65.5 Å². The zero-order chi connectivity index (χ0) is 26.1. The monoisotopic (exact) mass is 520 g/mol. The molecule has 2 aliphatic heterocycles. The summed E-state index contributed by atoms with van der Waals surface area (Å²) in [6.45, 7) is 5.32. The Morgan fingerprint density at radius 1 is 1.03 bits per heavy atom. The van der Waals surface area contributed by atoms with Crippen LogP contribution in [0.3, 0.4) is 0 Å². The smallest absolute Gasteiger partial charge is 0.154 e. The predicted molar refractivity (Wildman–Crippen MR) is 141 cm³/mol. The average molecular weight is 521 g/mol. The van der Waals surface area contributed by atoms with Gasteiger partial charge < -0.3 is 20.1 Å². The molecule has 0 bridgehead atoms. The van der Waals surface area contributed by atoms with Crippen molar-refractivity contribution in [2.24, 2.45) is 0 Å². The summed E-state index contributed by atoms with van der Waals surface area (Å²) in [6.07, 6.45) is 3.35. The van der Waals surface area contributed by atoms with Gasteiger partial charge in [0.2, 0.25) is 0 Å². The molecular weight excluding hydrogens is 490 g/mol. The molecular formula is C28H30F2N6O2. The van der Waals surface area contributed by atoms with Crippen LogP contribution in [0.4, 0.5) is 20.3 Å². The fourth-order valence-electron chi connectivity index (χ4n) is 5.28. The Kier molecular flexibility index (Phi) is 6.82. The molecule has 0 aliphatic carbocycles. The molecule has 0 radical (unpaired) electrons. The fourth-order valence-corrected chi connectivity index (χ4v) is 5.28. The van der Waals surface area contributed by atoms with E-state index in [1.54, 1.807) is 10.7 Å². The molecule has 4 heterocycles. The van der Waals surface area contributed by atoms with Gasteiger partial charge in [-0.25, -0.2) is 18.3 Å². The van der Waals surface area contributed by atoms with Crippen molar-refractivity contribution in [3.05, 3.63) is 71.9 Å². The minimum atomic E-state index is -0.445. The molecule has 2 aliphatic rings. The number of morpholine rings is 1. The molecule has 6 rings (SSSR count). The number of ether oxygens (including phenoxy) is 2. The van der Waals surface area contributed by atoms with E-state index in [1.807, 2.05) is 35.2 Å². The van der Waals surface area contributed by atoms with Crippen molar-refractivity contribution in [3.63, 3.8) is 0 Å². The van der Waals surface area contributed by atoms with E-state index in [2.05, 4.69) is 9.88 Å². The van der Waals surface area contributed by atoms with Gasteiger partial charge in [-0.3, -0.25) is 4.90 Å². The second-order valence-corrected chi connectivity index (χ2v) is 9.68. The molecule has 2 aromatic heterocycles. The maximum atomic E-state index is 14.6. The number of anilines is 2. The summed E-state index contributed by atoms with van der Waals surface area (Å²) in [4.78, 5) is 8.86. The zero-order valence-corrected chi connectivity index (χ0v) is 21.0. The molecule has 2 N–H and O–H groups in total. The number of nitrogens with zero attached hydrogens (tertiary/aromatic N) is 5. The quantitative estimate of drug-likeness (QED) is 0.364. The third kappa shape index (κ3) is 4.89. The number of imidazole rings is 1. The first-order chi connectivity index (χ1) is 18.6. The Morgan fingerprint density at radius 2 is 1.89 bits per heavy atom. The summed E-state index contributed by atoms with van der Waals surface area (Å²) < 4.78 is 41.8. The molecule has 4 aromatic rings. The molecule has 2 saturated heterocycles. The standard InChI is InChI=1S/C28H30F2N6O2/c29-20-4-5-22(30)21(17-20)24-2-1-9-35(24)28-8-7-27-32-18-25(36(27)33-28)19-3-6-23(31)26(16-19)38-15-12-34-10-13-37-14-11-34/h3-8,16-18,24H,1-2,9-15,31H2. The van der Waals surface area contributed by atoms with Gasteiger partial charge in [0.15, 0.2) is 5.65 Å². The number of rotatable bonds is 7. The number of hydrogen-bond donors (Lipinski definition) is 1. The van der Waals surface area contributed by atoms with E-state index in [0.717, 1.165) is 63.0 Å². The maximum absolute atomic E-state index is 14.6. The molecule has 2 aromatic carbocycles. The number of aromatic nitrogens is 3. The number of fused-ring (bicyclic) bond motifs is 1. The summed E-state index contributed by atoms with van der Waals surface area (Å²) in [5.74, 6) is 0.444. The van der Waals surface area contributed by atoms with Gasteiger partial charge in [0, 0.05) is 37.3 Å². The van der Waals surface area contributed by atoms with Crippen LogP contribution >= 0.6 is 0 Å². The fraction of sp³-hybridized carbons (Fsp3) is 0.357. The van der Waals surface area contributed by atoms with Crippen LogP contribution < -0.4 is 15.4 Å². The number of nitrogens with two attached hydrogens (primary N) is 1. The zero-order valence-electron chi connectivity index (χ0n) is 21.0. The molecule has 38 heavy (non-hydrogen) atoms. The van der Waals surface area contributed by atoms with Crippen LogP contribution in [0, 0.1) is 11.6 Å². The van der Waals surface area contributed by atoms with E-state index in [1.165, 1.54) is 12.1 Å². The summed E-state index contributed by atoms with van der Waals surface area (Å²) >= 11 is 0. The molecule has 1 unspecified atom stereocenters. The second-order valence-electron chi connectivity index (χ2n) is 9.68. The van der Waals surface area contributed by atoms with Crippen molar-refractivity contribution in [1.82, 2.24) is 19.5 Å². The normalized spacial score (nSPS) is 18.4. The molecule has 2 fully saturated rings. The van der Waals surface area contributed by atoms with Gasteiger partial charge in [0.05, 0.1) is 36.8 Å². The molecule has 1 atom stereocenters. The summed E-state index contributed by atoms with van der Waals surface area (Å²) in [5.41, 5.74) is 9.47. The van der Waals surface area contributed by atoms with Crippen molar-refractivity contribution in [2.45, 2.75) is 18.9 Å². The van der Waals surface area contributed by atoms with Crippen molar-refractivity contribution in [3.8, 4) is 17.0 Å². The van der Waals surface area contributed by atoms with Gasteiger partial charge in [-0.15, -0.1) is 5.10 Å². The molecule has 0 saturated carbocycles.